The minimum atomic E-state index is 0.507. The number of rotatable bonds is 5. The second kappa shape index (κ2) is 5.74. The van der Waals surface area contributed by atoms with Crippen molar-refractivity contribution in [1.29, 1.82) is 0 Å². The van der Waals surface area contributed by atoms with Crippen LogP contribution >= 0.6 is 11.3 Å². The van der Waals surface area contributed by atoms with Crippen LogP contribution in [0.5, 0.6) is 0 Å². The molecule has 0 aliphatic rings. The predicted molar refractivity (Wildman–Crippen MR) is 76.0 cm³/mol. The topological polar surface area (TPSA) is 81.4 Å². The first-order valence-electron chi connectivity index (χ1n) is 6.22. The van der Waals surface area contributed by atoms with E-state index in [1.807, 2.05) is 18.4 Å². The van der Waals surface area contributed by atoms with Gasteiger partial charge in [-0.2, -0.15) is 20.1 Å². The molecule has 0 unspecified atom stereocenters. The molecule has 0 amide bonds. The molecule has 1 N–H and O–H groups in total. The SMILES string of the molecule is CCNc1nc(Cc2nccs2)nc(-n2cccn2)n1. The highest BCUT2D eigenvalue weighted by molar-refractivity contribution is 7.09. The van der Waals surface area contributed by atoms with Crippen molar-refractivity contribution in [3.63, 3.8) is 0 Å². The summed E-state index contributed by atoms with van der Waals surface area (Å²) in [4.78, 5) is 17.4. The van der Waals surface area contributed by atoms with Crippen molar-refractivity contribution in [3.8, 4) is 5.95 Å². The Morgan fingerprint density at radius 1 is 1.25 bits per heavy atom. The Balaban J connectivity index is 1.96. The lowest BCUT2D eigenvalue weighted by Gasteiger charge is -2.06. The van der Waals surface area contributed by atoms with E-state index in [2.05, 4.69) is 30.4 Å². The maximum Gasteiger partial charge on any atom is 0.255 e. The third-order valence-electron chi connectivity index (χ3n) is 2.51. The smallest absolute Gasteiger partial charge is 0.255 e. The molecule has 8 heteroatoms. The van der Waals surface area contributed by atoms with Gasteiger partial charge in [0.2, 0.25) is 5.95 Å². The molecule has 7 nitrogen and oxygen atoms in total. The molecule has 0 atom stereocenters. The van der Waals surface area contributed by atoms with Crippen LogP contribution in [-0.4, -0.2) is 36.3 Å². The summed E-state index contributed by atoms with van der Waals surface area (Å²) in [6.07, 6.45) is 5.86. The molecule has 20 heavy (non-hydrogen) atoms. The molecule has 3 rings (SSSR count). The van der Waals surface area contributed by atoms with Gasteiger partial charge in [-0.3, -0.25) is 0 Å². The van der Waals surface area contributed by atoms with E-state index in [-0.39, 0.29) is 0 Å². The highest BCUT2D eigenvalue weighted by atomic mass is 32.1. The lowest BCUT2D eigenvalue weighted by atomic mass is 10.4. The van der Waals surface area contributed by atoms with E-state index in [0.717, 1.165) is 11.6 Å². The molecule has 0 spiro atoms. The maximum atomic E-state index is 4.44. The molecule has 0 saturated heterocycles. The van der Waals surface area contributed by atoms with Crippen LogP contribution in [0.4, 0.5) is 5.95 Å². The largest absolute Gasteiger partial charge is 0.354 e. The van der Waals surface area contributed by atoms with Gasteiger partial charge in [-0.05, 0) is 13.0 Å². The van der Waals surface area contributed by atoms with Crippen LogP contribution in [0.2, 0.25) is 0 Å². The zero-order valence-electron chi connectivity index (χ0n) is 10.9. The van der Waals surface area contributed by atoms with Crippen LogP contribution in [0.3, 0.4) is 0 Å². The van der Waals surface area contributed by atoms with Gasteiger partial charge in [-0.1, -0.05) is 0 Å². The van der Waals surface area contributed by atoms with Crippen molar-refractivity contribution in [2.75, 3.05) is 11.9 Å². The van der Waals surface area contributed by atoms with Crippen LogP contribution in [-0.2, 0) is 6.42 Å². The molecule has 0 aliphatic carbocycles. The van der Waals surface area contributed by atoms with Gasteiger partial charge >= 0.3 is 0 Å². The Labute approximate surface area is 119 Å². The highest BCUT2D eigenvalue weighted by Crippen LogP contribution is 2.11. The molecule has 3 aromatic heterocycles. The van der Waals surface area contributed by atoms with Gasteiger partial charge in [0.05, 0.1) is 6.42 Å². The Kier molecular flexibility index (Phi) is 3.64. The molecular formula is C12H13N7S. The van der Waals surface area contributed by atoms with E-state index in [1.165, 1.54) is 0 Å². The van der Waals surface area contributed by atoms with Crippen LogP contribution in [0, 0.1) is 0 Å². The van der Waals surface area contributed by atoms with Gasteiger partial charge in [0.15, 0.2) is 0 Å². The van der Waals surface area contributed by atoms with Crippen molar-refractivity contribution in [2.24, 2.45) is 0 Å². The molecule has 0 saturated carbocycles. The van der Waals surface area contributed by atoms with Gasteiger partial charge in [-0.15, -0.1) is 11.3 Å². The van der Waals surface area contributed by atoms with E-state index < -0.39 is 0 Å². The fraction of sp³-hybridized carbons (Fsp3) is 0.250. The van der Waals surface area contributed by atoms with Gasteiger partial charge in [-0.25, -0.2) is 9.67 Å². The lowest BCUT2D eigenvalue weighted by molar-refractivity contribution is 0.773. The van der Waals surface area contributed by atoms with Crippen LogP contribution < -0.4 is 5.32 Å². The van der Waals surface area contributed by atoms with Crippen LogP contribution in [0.1, 0.15) is 17.8 Å². The summed E-state index contributed by atoms with van der Waals surface area (Å²) >= 11 is 1.59. The monoisotopic (exact) mass is 287 g/mol. The van der Waals surface area contributed by atoms with E-state index in [1.54, 1.807) is 34.6 Å². The summed E-state index contributed by atoms with van der Waals surface area (Å²) in [5, 5.41) is 10.2. The fourth-order valence-electron chi connectivity index (χ4n) is 1.69. The first-order valence-corrected chi connectivity index (χ1v) is 7.10. The molecule has 3 aromatic rings. The summed E-state index contributed by atoms with van der Waals surface area (Å²) < 4.78 is 1.62. The average Bonchev–Trinajstić information content (AvgIpc) is 3.11. The number of hydrogen-bond donors (Lipinski definition) is 1. The number of anilines is 1. The summed E-state index contributed by atoms with van der Waals surface area (Å²) in [5.41, 5.74) is 0. The van der Waals surface area contributed by atoms with Gasteiger partial charge in [0.1, 0.15) is 10.8 Å². The molecule has 0 bridgehead atoms. The third-order valence-corrected chi connectivity index (χ3v) is 3.29. The number of thiazole rings is 1. The van der Waals surface area contributed by atoms with E-state index >= 15 is 0 Å². The van der Waals surface area contributed by atoms with E-state index in [4.69, 9.17) is 0 Å². The van der Waals surface area contributed by atoms with Gasteiger partial charge in [0.25, 0.3) is 5.95 Å². The van der Waals surface area contributed by atoms with Crippen LogP contribution in [0.25, 0.3) is 5.95 Å². The summed E-state index contributed by atoms with van der Waals surface area (Å²) in [5.74, 6) is 1.74. The average molecular weight is 287 g/mol. The minimum Gasteiger partial charge on any atom is -0.354 e. The first kappa shape index (κ1) is 12.7. The lowest BCUT2D eigenvalue weighted by Crippen LogP contribution is -2.12. The van der Waals surface area contributed by atoms with Gasteiger partial charge < -0.3 is 5.32 Å². The van der Waals surface area contributed by atoms with Crippen molar-refractivity contribution in [1.82, 2.24) is 29.7 Å². The second-order valence-corrected chi connectivity index (χ2v) is 4.94. The normalized spacial score (nSPS) is 10.7. The molecule has 0 radical (unpaired) electrons. The Morgan fingerprint density at radius 3 is 2.90 bits per heavy atom. The molecule has 0 aromatic carbocycles. The number of nitrogens with zero attached hydrogens (tertiary/aromatic N) is 6. The summed E-state index contributed by atoms with van der Waals surface area (Å²) in [6.45, 7) is 2.75. The summed E-state index contributed by atoms with van der Waals surface area (Å²) in [6, 6.07) is 1.83. The number of nitrogens with one attached hydrogen (secondary N) is 1. The third kappa shape index (κ3) is 2.80. The van der Waals surface area contributed by atoms with Crippen LogP contribution in [0.15, 0.2) is 30.0 Å². The van der Waals surface area contributed by atoms with Crippen molar-refractivity contribution >= 4 is 17.3 Å². The van der Waals surface area contributed by atoms with E-state index in [0.29, 0.717) is 24.1 Å². The molecule has 0 fully saturated rings. The zero-order chi connectivity index (χ0) is 13.8. The molecule has 0 aliphatic heterocycles. The predicted octanol–water partition coefficient (Wildman–Crippen LogP) is 1.54. The van der Waals surface area contributed by atoms with Crippen molar-refractivity contribution < 1.29 is 0 Å². The number of hydrogen-bond acceptors (Lipinski definition) is 7. The number of aromatic nitrogens is 6. The first-order chi connectivity index (χ1) is 9.85. The van der Waals surface area contributed by atoms with Crippen molar-refractivity contribution in [3.05, 3.63) is 40.9 Å². The maximum absolute atomic E-state index is 4.44. The fourth-order valence-corrected chi connectivity index (χ4v) is 2.30. The Bertz CT molecular complexity index is 663. The second-order valence-electron chi connectivity index (χ2n) is 3.96. The highest BCUT2D eigenvalue weighted by Gasteiger charge is 2.09. The quantitative estimate of drug-likeness (QED) is 0.766. The van der Waals surface area contributed by atoms with E-state index in [9.17, 15) is 0 Å². The molecule has 3 heterocycles. The summed E-state index contributed by atoms with van der Waals surface area (Å²) in [7, 11) is 0. The minimum absolute atomic E-state index is 0.507. The Hall–Kier alpha value is -2.35. The van der Waals surface area contributed by atoms with Crippen molar-refractivity contribution in [2.45, 2.75) is 13.3 Å². The molecule has 102 valence electrons. The molecular weight excluding hydrogens is 274 g/mol. The zero-order valence-corrected chi connectivity index (χ0v) is 11.7. The Morgan fingerprint density at radius 2 is 2.20 bits per heavy atom. The van der Waals surface area contributed by atoms with Gasteiger partial charge in [0, 0.05) is 30.5 Å². The standard InChI is InChI=1S/C12H13N7S/c1-2-13-11-16-9(8-10-14-5-7-20-10)17-12(18-11)19-6-3-4-15-19/h3-7H,2,8H2,1H3,(H,13,16,17,18).